The third-order valence-electron chi connectivity index (χ3n) is 2.24. The van der Waals surface area contributed by atoms with Gasteiger partial charge in [-0.05, 0) is 37.0 Å². The SMILES string of the molecule is CC(C)Oc1ccc(C(C)(C)C)cc1N. The van der Waals surface area contributed by atoms with Crippen LogP contribution in [-0.2, 0) is 5.41 Å². The van der Waals surface area contributed by atoms with Gasteiger partial charge < -0.3 is 10.5 Å². The summed E-state index contributed by atoms with van der Waals surface area (Å²) in [6.07, 6.45) is 0.160. The molecule has 0 heterocycles. The van der Waals surface area contributed by atoms with Gasteiger partial charge >= 0.3 is 0 Å². The second-order valence-corrected chi connectivity index (χ2v) is 5.17. The van der Waals surface area contributed by atoms with Gasteiger partial charge in [0.25, 0.3) is 0 Å². The molecule has 0 bridgehead atoms. The average molecular weight is 207 g/mol. The number of nitrogens with two attached hydrogens (primary N) is 1. The molecule has 1 aromatic rings. The summed E-state index contributed by atoms with van der Waals surface area (Å²) in [6.45, 7) is 10.5. The van der Waals surface area contributed by atoms with Crippen molar-refractivity contribution in [2.75, 3.05) is 5.73 Å². The second-order valence-electron chi connectivity index (χ2n) is 5.17. The molecule has 0 amide bonds. The van der Waals surface area contributed by atoms with Gasteiger partial charge in [0.05, 0.1) is 11.8 Å². The van der Waals surface area contributed by atoms with E-state index in [2.05, 4.69) is 26.8 Å². The van der Waals surface area contributed by atoms with Crippen molar-refractivity contribution in [2.45, 2.75) is 46.1 Å². The number of nitrogen functional groups attached to an aromatic ring is 1. The van der Waals surface area contributed by atoms with E-state index in [0.29, 0.717) is 0 Å². The van der Waals surface area contributed by atoms with E-state index in [1.165, 1.54) is 5.56 Å². The summed E-state index contributed by atoms with van der Waals surface area (Å²) in [5.74, 6) is 0.776. The lowest BCUT2D eigenvalue weighted by Crippen LogP contribution is -2.13. The molecule has 1 rings (SSSR count). The fourth-order valence-electron chi connectivity index (χ4n) is 1.38. The van der Waals surface area contributed by atoms with Crippen molar-refractivity contribution < 1.29 is 4.74 Å². The molecule has 0 atom stereocenters. The van der Waals surface area contributed by atoms with Crippen molar-refractivity contribution >= 4 is 5.69 Å². The van der Waals surface area contributed by atoms with E-state index < -0.39 is 0 Å². The number of hydrogen-bond acceptors (Lipinski definition) is 2. The highest BCUT2D eigenvalue weighted by atomic mass is 16.5. The van der Waals surface area contributed by atoms with Crippen LogP contribution in [0.1, 0.15) is 40.2 Å². The number of hydrogen-bond donors (Lipinski definition) is 1. The minimum atomic E-state index is 0.129. The molecule has 15 heavy (non-hydrogen) atoms. The Morgan fingerprint density at radius 1 is 1.20 bits per heavy atom. The summed E-state index contributed by atoms with van der Waals surface area (Å²) in [6, 6.07) is 6.03. The zero-order chi connectivity index (χ0) is 11.6. The van der Waals surface area contributed by atoms with Gasteiger partial charge in [0.15, 0.2) is 0 Å². The summed E-state index contributed by atoms with van der Waals surface area (Å²) in [5.41, 5.74) is 8.02. The van der Waals surface area contributed by atoms with E-state index in [9.17, 15) is 0 Å². The number of ether oxygens (including phenoxy) is 1. The van der Waals surface area contributed by atoms with Crippen LogP contribution in [0.25, 0.3) is 0 Å². The molecule has 0 spiro atoms. The van der Waals surface area contributed by atoms with E-state index in [4.69, 9.17) is 10.5 Å². The van der Waals surface area contributed by atoms with E-state index in [1.807, 2.05) is 26.0 Å². The Balaban J connectivity index is 2.98. The molecule has 0 aliphatic heterocycles. The Kier molecular flexibility index (Phi) is 3.28. The van der Waals surface area contributed by atoms with E-state index in [-0.39, 0.29) is 11.5 Å². The van der Waals surface area contributed by atoms with Gasteiger partial charge in [-0.2, -0.15) is 0 Å². The molecule has 0 saturated carbocycles. The van der Waals surface area contributed by atoms with Gasteiger partial charge in [0.2, 0.25) is 0 Å². The van der Waals surface area contributed by atoms with Gasteiger partial charge in [-0.15, -0.1) is 0 Å². The molecule has 0 aliphatic rings. The van der Waals surface area contributed by atoms with Crippen LogP contribution in [0.2, 0.25) is 0 Å². The molecule has 1 aromatic carbocycles. The summed E-state index contributed by atoms with van der Waals surface area (Å²) in [7, 11) is 0. The lowest BCUT2D eigenvalue weighted by molar-refractivity contribution is 0.243. The smallest absolute Gasteiger partial charge is 0.142 e. The zero-order valence-corrected chi connectivity index (χ0v) is 10.3. The quantitative estimate of drug-likeness (QED) is 0.755. The first-order valence-corrected chi connectivity index (χ1v) is 5.37. The molecule has 0 radical (unpaired) electrons. The van der Waals surface area contributed by atoms with E-state index in [0.717, 1.165) is 11.4 Å². The summed E-state index contributed by atoms with van der Waals surface area (Å²) in [4.78, 5) is 0. The van der Waals surface area contributed by atoms with Crippen LogP contribution in [0.4, 0.5) is 5.69 Å². The van der Waals surface area contributed by atoms with Gasteiger partial charge in [-0.25, -0.2) is 0 Å². The highest BCUT2D eigenvalue weighted by Crippen LogP contribution is 2.29. The van der Waals surface area contributed by atoms with Crippen molar-refractivity contribution in [3.05, 3.63) is 23.8 Å². The number of anilines is 1. The topological polar surface area (TPSA) is 35.2 Å². The summed E-state index contributed by atoms with van der Waals surface area (Å²) >= 11 is 0. The molecule has 0 saturated heterocycles. The van der Waals surface area contributed by atoms with Gasteiger partial charge in [0.1, 0.15) is 5.75 Å². The van der Waals surface area contributed by atoms with Crippen molar-refractivity contribution in [3.8, 4) is 5.75 Å². The maximum absolute atomic E-state index is 5.94. The number of rotatable bonds is 2. The van der Waals surface area contributed by atoms with Crippen molar-refractivity contribution in [2.24, 2.45) is 0 Å². The van der Waals surface area contributed by atoms with E-state index >= 15 is 0 Å². The first-order valence-electron chi connectivity index (χ1n) is 5.37. The molecule has 0 unspecified atom stereocenters. The monoisotopic (exact) mass is 207 g/mol. The van der Waals surface area contributed by atoms with Crippen LogP contribution >= 0.6 is 0 Å². The second kappa shape index (κ2) is 4.13. The van der Waals surface area contributed by atoms with Crippen LogP contribution in [-0.4, -0.2) is 6.10 Å². The Labute approximate surface area is 92.4 Å². The summed E-state index contributed by atoms with van der Waals surface area (Å²) in [5, 5.41) is 0. The third kappa shape index (κ3) is 3.15. The van der Waals surface area contributed by atoms with Gasteiger partial charge in [-0.3, -0.25) is 0 Å². The summed E-state index contributed by atoms with van der Waals surface area (Å²) < 4.78 is 5.59. The Morgan fingerprint density at radius 3 is 2.20 bits per heavy atom. The van der Waals surface area contributed by atoms with Gasteiger partial charge in [0, 0.05) is 0 Å². The largest absolute Gasteiger partial charge is 0.489 e. The van der Waals surface area contributed by atoms with Crippen molar-refractivity contribution in [1.29, 1.82) is 0 Å². The maximum Gasteiger partial charge on any atom is 0.142 e. The first-order chi connectivity index (χ1) is 6.80. The predicted molar refractivity (Wildman–Crippen MR) is 65.3 cm³/mol. The Morgan fingerprint density at radius 2 is 1.80 bits per heavy atom. The molecule has 2 heteroatoms. The van der Waals surface area contributed by atoms with Gasteiger partial charge in [-0.1, -0.05) is 26.8 Å². The normalized spacial score (nSPS) is 11.9. The Bertz CT molecular complexity index is 337. The molecule has 0 fully saturated rings. The molecular weight excluding hydrogens is 186 g/mol. The van der Waals surface area contributed by atoms with Crippen LogP contribution in [0.3, 0.4) is 0 Å². The fourth-order valence-corrected chi connectivity index (χ4v) is 1.38. The highest BCUT2D eigenvalue weighted by molar-refractivity contribution is 5.55. The third-order valence-corrected chi connectivity index (χ3v) is 2.24. The molecule has 0 aliphatic carbocycles. The average Bonchev–Trinajstić information content (AvgIpc) is 2.05. The lowest BCUT2D eigenvalue weighted by Gasteiger charge is -2.21. The zero-order valence-electron chi connectivity index (χ0n) is 10.3. The molecule has 2 nitrogen and oxygen atoms in total. The van der Waals surface area contributed by atoms with Crippen LogP contribution in [0, 0.1) is 0 Å². The number of benzene rings is 1. The Hall–Kier alpha value is -1.18. The molecular formula is C13H21NO. The minimum Gasteiger partial charge on any atom is -0.489 e. The maximum atomic E-state index is 5.94. The minimum absolute atomic E-state index is 0.129. The standard InChI is InChI=1S/C13H21NO/c1-9(2)15-12-7-6-10(8-11(12)14)13(3,4)5/h6-9H,14H2,1-5H3. The highest BCUT2D eigenvalue weighted by Gasteiger charge is 2.15. The molecule has 0 aromatic heterocycles. The fraction of sp³-hybridized carbons (Fsp3) is 0.538. The molecule has 84 valence electrons. The van der Waals surface area contributed by atoms with E-state index in [1.54, 1.807) is 0 Å². The predicted octanol–water partition coefficient (Wildman–Crippen LogP) is 3.35. The molecule has 2 N–H and O–H groups in total. The first kappa shape index (κ1) is 11.9. The van der Waals surface area contributed by atoms with Crippen molar-refractivity contribution in [3.63, 3.8) is 0 Å². The van der Waals surface area contributed by atoms with Crippen LogP contribution < -0.4 is 10.5 Å². The lowest BCUT2D eigenvalue weighted by atomic mass is 9.87. The van der Waals surface area contributed by atoms with Crippen LogP contribution in [0.15, 0.2) is 18.2 Å². The van der Waals surface area contributed by atoms with Crippen LogP contribution in [0.5, 0.6) is 5.75 Å². The van der Waals surface area contributed by atoms with Crippen molar-refractivity contribution in [1.82, 2.24) is 0 Å².